The summed E-state index contributed by atoms with van der Waals surface area (Å²) in [6.07, 6.45) is 4.02. The van der Waals surface area contributed by atoms with E-state index in [0.29, 0.717) is 5.88 Å². The van der Waals surface area contributed by atoms with Crippen LogP contribution in [-0.4, -0.2) is 18.9 Å². The van der Waals surface area contributed by atoms with Gasteiger partial charge < -0.3 is 0 Å². The smallest absolute Gasteiger partial charge is 0.282 e. The van der Waals surface area contributed by atoms with Gasteiger partial charge in [0, 0.05) is 5.88 Å². The Balaban J connectivity index is 0.00000256. The number of hydrogen-bond donors (Lipinski definition) is 1. The topological polar surface area (TPSA) is 54.4 Å². The molecule has 0 amide bonds. The van der Waals surface area contributed by atoms with Gasteiger partial charge in [0.25, 0.3) is 10.1 Å². The molecule has 17 heavy (non-hydrogen) atoms. The molecule has 0 saturated carbocycles. The van der Waals surface area contributed by atoms with Crippen LogP contribution in [0.5, 0.6) is 0 Å². The first kappa shape index (κ1) is 17.4. The van der Waals surface area contributed by atoms with Gasteiger partial charge in [0.1, 0.15) is 0 Å². The van der Waals surface area contributed by atoms with E-state index in [-0.39, 0.29) is 34.5 Å². The number of rotatable bonds is 6. The molecule has 0 fully saturated rings. The zero-order valence-electron chi connectivity index (χ0n) is 9.89. The van der Waals surface area contributed by atoms with Crippen molar-refractivity contribution in [3.8, 4) is 0 Å². The summed E-state index contributed by atoms with van der Waals surface area (Å²) in [5.41, 5.74) is 1.07. The van der Waals surface area contributed by atoms with Crippen LogP contribution in [0.4, 0.5) is 0 Å². The molecule has 0 spiro atoms. The van der Waals surface area contributed by atoms with Crippen molar-refractivity contribution in [3.05, 3.63) is 29.8 Å². The second-order valence-electron chi connectivity index (χ2n) is 3.62. The SMILES string of the molecule is O=S(=O)(O)c1ccc(CCCCCCl)cc1.[Na+]. The van der Waals surface area contributed by atoms with Crippen LogP contribution >= 0.6 is 11.6 Å². The summed E-state index contributed by atoms with van der Waals surface area (Å²) in [5.74, 6) is 0.682. The standard InChI is InChI=1S/C11H15ClO3S.Na/c12-9-3-1-2-4-10-5-7-11(8-6-10)16(13,14)15;/h5-8H,1-4,9H2,(H,13,14,15);/q;+1. The fraction of sp³-hybridized carbons (Fsp3) is 0.455. The van der Waals surface area contributed by atoms with Crippen molar-refractivity contribution in [2.45, 2.75) is 30.6 Å². The van der Waals surface area contributed by atoms with Gasteiger partial charge in [-0.25, -0.2) is 0 Å². The van der Waals surface area contributed by atoms with Crippen LogP contribution in [0.25, 0.3) is 0 Å². The molecule has 0 aliphatic carbocycles. The van der Waals surface area contributed by atoms with Crippen LogP contribution in [0.15, 0.2) is 29.2 Å². The Morgan fingerprint density at radius 2 is 1.65 bits per heavy atom. The molecule has 0 aromatic heterocycles. The summed E-state index contributed by atoms with van der Waals surface area (Å²) in [6.45, 7) is 0. The quantitative estimate of drug-likeness (QED) is 0.343. The molecule has 3 nitrogen and oxygen atoms in total. The van der Waals surface area contributed by atoms with Gasteiger partial charge in [-0.1, -0.05) is 18.6 Å². The van der Waals surface area contributed by atoms with Crippen molar-refractivity contribution in [2.75, 3.05) is 5.88 Å². The molecule has 1 rings (SSSR count). The average molecular weight is 286 g/mol. The molecule has 0 saturated heterocycles. The second-order valence-corrected chi connectivity index (χ2v) is 5.42. The molecule has 0 atom stereocenters. The van der Waals surface area contributed by atoms with Crippen molar-refractivity contribution in [2.24, 2.45) is 0 Å². The van der Waals surface area contributed by atoms with Gasteiger partial charge in [0.05, 0.1) is 4.90 Å². The minimum absolute atomic E-state index is 0. The molecule has 0 heterocycles. The zero-order chi connectivity index (χ0) is 12.0. The molecule has 0 unspecified atom stereocenters. The maximum atomic E-state index is 10.8. The second kappa shape index (κ2) is 8.51. The van der Waals surface area contributed by atoms with E-state index in [1.807, 2.05) is 0 Å². The van der Waals surface area contributed by atoms with Crippen LogP contribution < -0.4 is 29.6 Å². The van der Waals surface area contributed by atoms with Gasteiger partial charge >= 0.3 is 29.6 Å². The predicted octanol–water partition coefficient (Wildman–Crippen LogP) is -0.111. The van der Waals surface area contributed by atoms with Crippen LogP contribution in [0.2, 0.25) is 0 Å². The first-order valence-electron chi connectivity index (χ1n) is 5.16. The van der Waals surface area contributed by atoms with E-state index < -0.39 is 10.1 Å². The van der Waals surface area contributed by atoms with Crippen molar-refractivity contribution < 1.29 is 42.5 Å². The Morgan fingerprint density at radius 3 is 2.12 bits per heavy atom. The van der Waals surface area contributed by atoms with E-state index in [1.165, 1.54) is 12.1 Å². The first-order chi connectivity index (χ1) is 7.54. The fourth-order valence-electron chi connectivity index (χ4n) is 1.43. The largest absolute Gasteiger partial charge is 1.00 e. The molecule has 6 heteroatoms. The number of unbranched alkanes of at least 4 members (excludes halogenated alkanes) is 2. The van der Waals surface area contributed by atoms with Gasteiger partial charge in [-0.15, -0.1) is 11.6 Å². The third-order valence-corrected chi connectivity index (χ3v) is 3.46. The molecule has 1 aromatic rings. The summed E-state index contributed by atoms with van der Waals surface area (Å²) in [5, 5.41) is 0. The Kier molecular flexibility index (Phi) is 8.72. The van der Waals surface area contributed by atoms with E-state index in [1.54, 1.807) is 12.1 Å². The molecule has 1 aromatic carbocycles. The van der Waals surface area contributed by atoms with Gasteiger partial charge in [0.2, 0.25) is 0 Å². The first-order valence-corrected chi connectivity index (χ1v) is 7.14. The minimum atomic E-state index is -4.07. The Hall–Kier alpha value is 0.420. The van der Waals surface area contributed by atoms with Crippen molar-refractivity contribution in [1.29, 1.82) is 0 Å². The molecule has 0 bridgehead atoms. The van der Waals surface area contributed by atoms with E-state index in [2.05, 4.69) is 0 Å². The van der Waals surface area contributed by atoms with Crippen LogP contribution in [0, 0.1) is 0 Å². The third-order valence-electron chi connectivity index (χ3n) is 2.32. The summed E-state index contributed by atoms with van der Waals surface area (Å²) in [7, 11) is -4.07. The Morgan fingerprint density at radius 1 is 1.06 bits per heavy atom. The van der Waals surface area contributed by atoms with E-state index in [9.17, 15) is 8.42 Å². The van der Waals surface area contributed by atoms with Crippen molar-refractivity contribution in [1.82, 2.24) is 0 Å². The van der Waals surface area contributed by atoms with Crippen molar-refractivity contribution in [3.63, 3.8) is 0 Å². The maximum absolute atomic E-state index is 10.8. The number of halogens is 1. The number of aryl methyl sites for hydroxylation is 1. The molecule has 1 N–H and O–H groups in total. The number of benzene rings is 1. The van der Waals surface area contributed by atoms with E-state index in [0.717, 1.165) is 31.2 Å². The molecule has 0 aliphatic rings. The zero-order valence-corrected chi connectivity index (χ0v) is 13.5. The van der Waals surface area contributed by atoms with Gasteiger partial charge in [-0.2, -0.15) is 8.42 Å². The molecular weight excluding hydrogens is 271 g/mol. The third kappa shape index (κ3) is 6.79. The van der Waals surface area contributed by atoms with E-state index in [4.69, 9.17) is 16.2 Å². The van der Waals surface area contributed by atoms with E-state index >= 15 is 0 Å². The van der Waals surface area contributed by atoms with Crippen LogP contribution in [0.1, 0.15) is 24.8 Å². The average Bonchev–Trinajstić information content (AvgIpc) is 2.24. The summed E-state index contributed by atoms with van der Waals surface area (Å²) in [6, 6.07) is 6.30. The summed E-state index contributed by atoms with van der Waals surface area (Å²) < 4.78 is 30.4. The van der Waals surface area contributed by atoms with Crippen molar-refractivity contribution >= 4 is 21.7 Å². The Bertz CT molecular complexity index is 417. The van der Waals surface area contributed by atoms with Gasteiger partial charge in [-0.3, -0.25) is 4.55 Å². The summed E-state index contributed by atoms with van der Waals surface area (Å²) >= 11 is 5.56. The van der Waals surface area contributed by atoms with Gasteiger partial charge in [0.15, 0.2) is 0 Å². The maximum Gasteiger partial charge on any atom is 1.00 e. The number of alkyl halides is 1. The number of hydrogen-bond acceptors (Lipinski definition) is 2. The van der Waals surface area contributed by atoms with Crippen LogP contribution in [0.3, 0.4) is 0 Å². The normalized spacial score (nSPS) is 10.9. The fourth-order valence-corrected chi connectivity index (χ4v) is 2.10. The molecule has 90 valence electrons. The minimum Gasteiger partial charge on any atom is -0.282 e. The van der Waals surface area contributed by atoms with Gasteiger partial charge in [-0.05, 0) is 37.0 Å². The monoisotopic (exact) mass is 285 g/mol. The predicted molar refractivity (Wildman–Crippen MR) is 64.5 cm³/mol. The molecule has 0 radical (unpaired) electrons. The van der Waals surface area contributed by atoms with Crippen LogP contribution in [-0.2, 0) is 16.5 Å². The Labute approximate surface area is 130 Å². The summed E-state index contributed by atoms with van der Waals surface area (Å²) in [4.78, 5) is -0.0583. The molecule has 0 aliphatic heterocycles. The molecular formula is C11H15ClNaO3S+.